The second-order valence-corrected chi connectivity index (χ2v) is 4.24. The minimum absolute atomic E-state index is 0.434. The Labute approximate surface area is 106 Å². The quantitative estimate of drug-likeness (QED) is 0.745. The predicted molar refractivity (Wildman–Crippen MR) is 68.2 cm³/mol. The molecule has 0 N–H and O–H groups in total. The molecule has 3 heteroatoms. The maximum Gasteiger partial charge on any atom is 0.150 e. The number of benzene rings is 1. The summed E-state index contributed by atoms with van der Waals surface area (Å²) in [5, 5.41) is 0. The van der Waals surface area contributed by atoms with E-state index in [1.807, 2.05) is 18.2 Å². The van der Waals surface area contributed by atoms with Crippen LogP contribution in [0, 0.1) is 0 Å². The lowest BCUT2D eigenvalue weighted by molar-refractivity contribution is 0.112. The lowest BCUT2D eigenvalue weighted by atomic mass is 10.1. The molecule has 0 fully saturated rings. The van der Waals surface area contributed by atoms with Crippen molar-refractivity contribution in [2.24, 2.45) is 0 Å². The minimum Gasteiger partial charge on any atom is -0.372 e. The molecule has 0 heterocycles. The molecule has 2 nitrogen and oxygen atoms in total. The van der Waals surface area contributed by atoms with E-state index in [9.17, 15) is 9.18 Å². The van der Waals surface area contributed by atoms with Crippen LogP contribution in [0.3, 0.4) is 0 Å². The molecule has 0 aliphatic heterocycles. The van der Waals surface area contributed by atoms with E-state index in [1.54, 1.807) is 24.3 Å². The molecule has 0 amide bonds. The molecule has 0 saturated heterocycles. The van der Waals surface area contributed by atoms with Crippen molar-refractivity contribution in [3.63, 3.8) is 0 Å². The third kappa shape index (κ3) is 3.64. The molecule has 1 aliphatic carbocycles. The topological polar surface area (TPSA) is 26.3 Å². The maximum atomic E-state index is 12.8. The van der Waals surface area contributed by atoms with Crippen molar-refractivity contribution in [3.8, 4) is 0 Å². The molecule has 0 bridgehead atoms. The highest BCUT2D eigenvalue weighted by Crippen LogP contribution is 2.14. The first kappa shape index (κ1) is 12.7. The Bertz CT molecular complexity index is 460. The van der Waals surface area contributed by atoms with E-state index in [0.29, 0.717) is 25.2 Å². The molecule has 94 valence electrons. The van der Waals surface area contributed by atoms with Gasteiger partial charge < -0.3 is 4.74 Å². The van der Waals surface area contributed by atoms with Crippen LogP contribution in [0.25, 0.3) is 0 Å². The number of hydrogen-bond donors (Lipinski definition) is 0. The Kier molecular flexibility index (Phi) is 4.42. The highest BCUT2D eigenvalue weighted by atomic mass is 19.1. The van der Waals surface area contributed by atoms with Gasteiger partial charge in [0, 0.05) is 12.0 Å². The Morgan fingerprint density at radius 3 is 2.67 bits per heavy atom. The van der Waals surface area contributed by atoms with Crippen LogP contribution in [-0.2, 0) is 11.3 Å². The molecule has 1 aromatic carbocycles. The van der Waals surface area contributed by atoms with Gasteiger partial charge in [0.05, 0.1) is 13.2 Å². The molecule has 2 rings (SSSR count). The molecule has 0 spiro atoms. The third-order valence-electron chi connectivity index (χ3n) is 2.78. The van der Waals surface area contributed by atoms with Crippen LogP contribution >= 0.6 is 0 Å². The molecular weight excluding hydrogens is 231 g/mol. The van der Waals surface area contributed by atoms with E-state index >= 15 is 0 Å². The second-order valence-electron chi connectivity index (χ2n) is 4.24. The number of rotatable bonds is 5. The average Bonchev–Trinajstić information content (AvgIpc) is 2.42. The van der Waals surface area contributed by atoms with E-state index in [0.717, 1.165) is 17.4 Å². The van der Waals surface area contributed by atoms with E-state index in [1.165, 1.54) is 0 Å². The summed E-state index contributed by atoms with van der Waals surface area (Å²) in [5.41, 5.74) is 2.68. The van der Waals surface area contributed by atoms with Crippen LogP contribution in [0.5, 0.6) is 0 Å². The molecule has 0 saturated carbocycles. The van der Waals surface area contributed by atoms with Crippen LogP contribution in [0.1, 0.15) is 22.3 Å². The van der Waals surface area contributed by atoms with Crippen molar-refractivity contribution >= 4 is 6.29 Å². The monoisotopic (exact) mass is 246 g/mol. The smallest absolute Gasteiger partial charge is 0.150 e. The SMILES string of the molecule is O=Cc1ccc(COCC2=CCC(F)C=C2)cc1. The van der Waals surface area contributed by atoms with Gasteiger partial charge in [-0.1, -0.05) is 42.5 Å². The standard InChI is InChI=1S/C15H15FO2/c16-15-7-5-14(6-8-15)11-18-10-13-3-1-12(9-17)2-4-13/h1-7,9,15H,8,10-11H2. The van der Waals surface area contributed by atoms with Crippen molar-refractivity contribution < 1.29 is 13.9 Å². The Hall–Kier alpha value is -1.74. The number of ether oxygens (including phenoxy) is 1. The van der Waals surface area contributed by atoms with Gasteiger partial charge in [0.1, 0.15) is 12.5 Å². The van der Waals surface area contributed by atoms with E-state index in [2.05, 4.69) is 0 Å². The van der Waals surface area contributed by atoms with Crippen LogP contribution in [0.15, 0.2) is 48.1 Å². The Morgan fingerprint density at radius 2 is 2.06 bits per heavy atom. The van der Waals surface area contributed by atoms with Gasteiger partial charge in [-0.2, -0.15) is 0 Å². The number of carbonyl (C=O) groups is 1. The largest absolute Gasteiger partial charge is 0.372 e. The van der Waals surface area contributed by atoms with Crippen LogP contribution < -0.4 is 0 Å². The van der Waals surface area contributed by atoms with Gasteiger partial charge in [-0.25, -0.2) is 4.39 Å². The zero-order valence-corrected chi connectivity index (χ0v) is 10.0. The van der Waals surface area contributed by atoms with E-state index in [4.69, 9.17) is 4.74 Å². The van der Waals surface area contributed by atoms with Crippen molar-refractivity contribution in [2.45, 2.75) is 19.2 Å². The fraction of sp³-hybridized carbons (Fsp3) is 0.267. The highest BCUT2D eigenvalue weighted by Gasteiger charge is 2.06. The fourth-order valence-electron chi connectivity index (χ4n) is 1.72. The van der Waals surface area contributed by atoms with Crippen molar-refractivity contribution in [3.05, 3.63) is 59.2 Å². The fourth-order valence-corrected chi connectivity index (χ4v) is 1.72. The number of carbonyl (C=O) groups excluding carboxylic acids is 1. The summed E-state index contributed by atoms with van der Waals surface area (Å²) in [5.74, 6) is 0. The van der Waals surface area contributed by atoms with Gasteiger partial charge in [0.2, 0.25) is 0 Å². The van der Waals surface area contributed by atoms with Gasteiger partial charge >= 0.3 is 0 Å². The van der Waals surface area contributed by atoms with E-state index < -0.39 is 6.17 Å². The van der Waals surface area contributed by atoms with Crippen molar-refractivity contribution in [2.75, 3.05) is 6.61 Å². The summed E-state index contributed by atoms with van der Waals surface area (Å²) in [7, 11) is 0. The second kappa shape index (κ2) is 6.26. The third-order valence-corrected chi connectivity index (χ3v) is 2.78. The normalized spacial score (nSPS) is 18.5. The van der Waals surface area contributed by atoms with Crippen LogP contribution in [0.2, 0.25) is 0 Å². The molecule has 1 atom stereocenters. The summed E-state index contributed by atoms with van der Waals surface area (Å²) in [6.45, 7) is 0.974. The maximum absolute atomic E-state index is 12.8. The summed E-state index contributed by atoms with van der Waals surface area (Å²) >= 11 is 0. The summed E-state index contributed by atoms with van der Waals surface area (Å²) < 4.78 is 18.4. The summed E-state index contributed by atoms with van der Waals surface area (Å²) in [6, 6.07) is 7.26. The first-order valence-corrected chi connectivity index (χ1v) is 5.91. The number of aldehydes is 1. The number of allylic oxidation sites excluding steroid dienone is 2. The zero-order chi connectivity index (χ0) is 12.8. The van der Waals surface area contributed by atoms with Gasteiger partial charge in [-0.15, -0.1) is 0 Å². The minimum atomic E-state index is -0.857. The molecule has 0 aromatic heterocycles. The first-order chi connectivity index (χ1) is 8.78. The van der Waals surface area contributed by atoms with Crippen LogP contribution in [0.4, 0.5) is 4.39 Å². The Morgan fingerprint density at radius 1 is 1.28 bits per heavy atom. The number of hydrogen-bond acceptors (Lipinski definition) is 2. The first-order valence-electron chi connectivity index (χ1n) is 5.91. The van der Waals surface area contributed by atoms with E-state index in [-0.39, 0.29) is 0 Å². The van der Waals surface area contributed by atoms with Gasteiger partial charge in [-0.3, -0.25) is 4.79 Å². The van der Waals surface area contributed by atoms with Crippen LogP contribution in [-0.4, -0.2) is 19.1 Å². The lowest BCUT2D eigenvalue weighted by Crippen LogP contribution is -2.03. The molecule has 1 aromatic rings. The number of halogens is 1. The molecule has 0 radical (unpaired) electrons. The van der Waals surface area contributed by atoms with Gasteiger partial charge in [0.25, 0.3) is 0 Å². The van der Waals surface area contributed by atoms with Crippen molar-refractivity contribution in [1.29, 1.82) is 0 Å². The van der Waals surface area contributed by atoms with Gasteiger partial charge in [-0.05, 0) is 11.1 Å². The number of alkyl halides is 1. The lowest BCUT2D eigenvalue weighted by Gasteiger charge is -2.10. The summed E-state index contributed by atoms with van der Waals surface area (Å²) in [4.78, 5) is 10.5. The molecule has 1 aliphatic rings. The molecular formula is C15H15FO2. The average molecular weight is 246 g/mol. The highest BCUT2D eigenvalue weighted by molar-refractivity contribution is 5.74. The van der Waals surface area contributed by atoms with Crippen molar-refractivity contribution in [1.82, 2.24) is 0 Å². The Balaban J connectivity index is 1.78. The van der Waals surface area contributed by atoms with Gasteiger partial charge in [0.15, 0.2) is 0 Å². The molecule has 1 unspecified atom stereocenters. The summed E-state index contributed by atoms with van der Waals surface area (Å²) in [6.07, 6.45) is 5.57. The zero-order valence-electron chi connectivity index (χ0n) is 10.0. The molecule has 18 heavy (non-hydrogen) atoms. The predicted octanol–water partition coefficient (Wildman–Crippen LogP) is 3.24.